The third kappa shape index (κ3) is 4.46. The van der Waals surface area contributed by atoms with Gasteiger partial charge in [-0.2, -0.15) is 0 Å². The number of aromatic nitrogens is 2. The second kappa shape index (κ2) is 7.53. The van der Waals surface area contributed by atoms with Crippen molar-refractivity contribution in [3.8, 4) is 0 Å². The van der Waals surface area contributed by atoms with Crippen LogP contribution in [0.15, 0.2) is 30.3 Å². The summed E-state index contributed by atoms with van der Waals surface area (Å²) in [7, 11) is 0. The molecule has 140 valence electrons. The van der Waals surface area contributed by atoms with Crippen LogP contribution in [0.5, 0.6) is 0 Å². The summed E-state index contributed by atoms with van der Waals surface area (Å²) in [4.78, 5) is 45.9. The number of hydrogen-bond acceptors (Lipinski definition) is 5. The fraction of sp³-hybridized carbons (Fsp3) is 0.316. The Labute approximate surface area is 157 Å². The van der Waals surface area contributed by atoms with E-state index >= 15 is 0 Å². The lowest BCUT2D eigenvalue weighted by Gasteiger charge is -2.17. The van der Waals surface area contributed by atoms with Gasteiger partial charge in [-0.15, -0.1) is 0 Å². The summed E-state index contributed by atoms with van der Waals surface area (Å²) in [5, 5.41) is 5.38. The number of nitrogens with zero attached hydrogens (tertiary/aromatic N) is 3. The van der Waals surface area contributed by atoms with Crippen molar-refractivity contribution in [3.63, 3.8) is 0 Å². The van der Waals surface area contributed by atoms with Crippen LogP contribution >= 0.6 is 0 Å². The smallest absolute Gasteiger partial charge is 0.232 e. The van der Waals surface area contributed by atoms with Gasteiger partial charge in [0.2, 0.25) is 23.7 Å². The molecule has 1 aliphatic rings. The summed E-state index contributed by atoms with van der Waals surface area (Å²) in [5.74, 6) is -0.778. The van der Waals surface area contributed by atoms with Crippen molar-refractivity contribution in [2.45, 2.75) is 27.2 Å². The highest BCUT2D eigenvalue weighted by molar-refractivity contribution is 6.03. The van der Waals surface area contributed by atoms with Crippen LogP contribution in [0, 0.1) is 19.8 Å². The molecule has 1 aromatic heterocycles. The largest absolute Gasteiger partial charge is 0.326 e. The van der Waals surface area contributed by atoms with E-state index in [-0.39, 0.29) is 36.6 Å². The molecule has 2 aromatic rings. The maximum Gasteiger partial charge on any atom is 0.232 e. The van der Waals surface area contributed by atoms with E-state index in [9.17, 15) is 14.4 Å². The number of carbonyl (C=O) groups excluding carboxylic acids is 3. The van der Waals surface area contributed by atoms with Crippen LogP contribution in [0.1, 0.15) is 24.7 Å². The normalized spacial score (nSPS) is 16.3. The highest BCUT2D eigenvalue weighted by atomic mass is 16.2. The van der Waals surface area contributed by atoms with Gasteiger partial charge in [-0.1, -0.05) is 0 Å². The number of amides is 3. The van der Waals surface area contributed by atoms with Crippen molar-refractivity contribution in [2.75, 3.05) is 22.1 Å². The lowest BCUT2D eigenvalue weighted by atomic mass is 10.1. The zero-order valence-corrected chi connectivity index (χ0v) is 15.4. The molecule has 3 rings (SSSR count). The Morgan fingerprint density at radius 1 is 1.07 bits per heavy atom. The number of anilines is 3. The molecule has 0 unspecified atom stereocenters. The van der Waals surface area contributed by atoms with Crippen molar-refractivity contribution in [1.82, 2.24) is 9.97 Å². The standard InChI is InChI=1S/C19H21N5O3/c1-11-8-12(2)21-19(20-11)23-18(27)14-9-17(26)24(10-14)16-6-4-15(5-7-16)22-13(3)25/h4-8,14H,9-10H2,1-3H3,(H,22,25)(H,20,21,23,27)/t14-/m1/s1. The number of carbonyl (C=O) groups is 3. The molecule has 0 radical (unpaired) electrons. The molecule has 3 amide bonds. The van der Waals surface area contributed by atoms with Gasteiger partial charge in [-0.3, -0.25) is 19.7 Å². The molecular weight excluding hydrogens is 346 g/mol. The molecule has 1 aromatic carbocycles. The number of hydrogen-bond donors (Lipinski definition) is 2. The van der Waals surface area contributed by atoms with Crippen LogP contribution < -0.4 is 15.5 Å². The fourth-order valence-electron chi connectivity index (χ4n) is 3.05. The lowest BCUT2D eigenvalue weighted by molar-refractivity contribution is -0.122. The Hall–Kier alpha value is -3.29. The van der Waals surface area contributed by atoms with Crippen LogP contribution in [0.3, 0.4) is 0 Å². The van der Waals surface area contributed by atoms with Crippen molar-refractivity contribution >= 4 is 35.0 Å². The Morgan fingerprint density at radius 3 is 2.30 bits per heavy atom. The molecule has 0 spiro atoms. The summed E-state index contributed by atoms with van der Waals surface area (Å²) >= 11 is 0. The summed E-state index contributed by atoms with van der Waals surface area (Å²) < 4.78 is 0. The highest BCUT2D eigenvalue weighted by Gasteiger charge is 2.35. The maximum absolute atomic E-state index is 12.5. The highest BCUT2D eigenvalue weighted by Crippen LogP contribution is 2.27. The van der Waals surface area contributed by atoms with Crippen LogP contribution in [0.25, 0.3) is 0 Å². The van der Waals surface area contributed by atoms with E-state index in [1.54, 1.807) is 29.2 Å². The SMILES string of the molecule is CC(=O)Nc1ccc(N2C[C@H](C(=O)Nc3nc(C)cc(C)n3)CC2=O)cc1. The third-order valence-electron chi connectivity index (χ3n) is 4.21. The van der Waals surface area contributed by atoms with Gasteiger partial charge in [-0.05, 0) is 44.2 Å². The first-order valence-corrected chi connectivity index (χ1v) is 8.63. The molecular formula is C19H21N5O3. The third-order valence-corrected chi connectivity index (χ3v) is 4.21. The fourth-order valence-corrected chi connectivity index (χ4v) is 3.05. The molecule has 0 saturated carbocycles. The average molecular weight is 367 g/mol. The van der Waals surface area contributed by atoms with Crippen molar-refractivity contribution in [3.05, 3.63) is 41.7 Å². The van der Waals surface area contributed by atoms with E-state index in [2.05, 4.69) is 20.6 Å². The summed E-state index contributed by atoms with van der Waals surface area (Å²) in [5.41, 5.74) is 2.87. The number of nitrogens with one attached hydrogen (secondary N) is 2. The van der Waals surface area contributed by atoms with E-state index in [0.29, 0.717) is 11.4 Å². The number of benzene rings is 1. The minimum absolute atomic E-state index is 0.122. The Bertz CT molecular complexity index is 874. The molecule has 2 heterocycles. The number of aryl methyl sites for hydroxylation is 2. The monoisotopic (exact) mass is 367 g/mol. The molecule has 0 bridgehead atoms. The van der Waals surface area contributed by atoms with E-state index in [4.69, 9.17) is 0 Å². The van der Waals surface area contributed by atoms with Gasteiger partial charge in [-0.25, -0.2) is 9.97 Å². The lowest BCUT2D eigenvalue weighted by Crippen LogP contribution is -2.28. The van der Waals surface area contributed by atoms with Gasteiger partial charge in [0.1, 0.15) is 0 Å². The zero-order valence-electron chi connectivity index (χ0n) is 15.4. The molecule has 2 N–H and O–H groups in total. The molecule has 1 fully saturated rings. The van der Waals surface area contributed by atoms with Gasteiger partial charge in [0.05, 0.1) is 5.92 Å². The summed E-state index contributed by atoms with van der Waals surface area (Å²) in [6.45, 7) is 5.38. The molecule has 8 heteroatoms. The molecule has 27 heavy (non-hydrogen) atoms. The molecule has 0 aliphatic carbocycles. The minimum atomic E-state index is -0.475. The van der Waals surface area contributed by atoms with E-state index in [1.165, 1.54) is 6.92 Å². The van der Waals surface area contributed by atoms with Crippen molar-refractivity contribution in [1.29, 1.82) is 0 Å². The molecule has 1 saturated heterocycles. The Balaban J connectivity index is 1.67. The Kier molecular flexibility index (Phi) is 5.16. The van der Waals surface area contributed by atoms with Crippen LogP contribution in [-0.4, -0.2) is 34.2 Å². The first-order chi connectivity index (χ1) is 12.8. The zero-order chi connectivity index (χ0) is 19.6. The molecule has 8 nitrogen and oxygen atoms in total. The second-order valence-corrected chi connectivity index (χ2v) is 6.60. The maximum atomic E-state index is 12.5. The molecule has 1 atom stereocenters. The number of rotatable bonds is 4. The quantitative estimate of drug-likeness (QED) is 0.860. The predicted molar refractivity (Wildman–Crippen MR) is 101 cm³/mol. The second-order valence-electron chi connectivity index (χ2n) is 6.60. The van der Waals surface area contributed by atoms with Gasteiger partial charge >= 0.3 is 0 Å². The first-order valence-electron chi connectivity index (χ1n) is 8.63. The van der Waals surface area contributed by atoms with Crippen LogP contribution in [0.4, 0.5) is 17.3 Å². The van der Waals surface area contributed by atoms with Crippen molar-refractivity contribution in [2.24, 2.45) is 5.92 Å². The molecule has 1 aliphatic heterocycles. The van der Waals surface area contributed by atoms with Gasteiger partial charge in [0.25, 0.3) is 0 Å². The van der Waals surface area contributed by atoms with E-state index in [0.717, 1.165) is 11.4 Å². The summed E-state index contributed by atoms with van der Waals surface area (Å²) in [6.07, 6.45) is 0.129. The topological polar surface area (TPSA) is 104 Å². The van der Waals surface area contributed by atoms with Crippen molar-refractivity contribution < 1.29 is 14.4 Å². The Morgan fingerprint density at radius 2 is 1.70 bits per heavy atom. The first kappa shape index (κ1) is 18.5. The predicted octanol–water partition coefficient (Wildman–Crippen LogP) is 2.04. The van der Waals surface area contributed by atoms with E-state index < -0.39 is 5.92 Å². The van der Waals surface area contributed by atoms with Gasteiger partial charge in [0, 0.05) is 42.7 Å². The van der Waals surface area contributed by atoms with Crippen LogP contribution in [0.2, 0.25) is 0 Å². The van der Waals surface area contributed by atoms with E-state index in [1.807, 2.05) is 19.9 Å². The van der Waals surface area contributed by atoms with Gasteiger partial charge < -0.3 is 10.2 Å². The minimum Gasteiger partial charge on any atom is -0.326 e. The summed E-state index contributed by atoms with van der Waals surface area (Å²) in [6, 6.07) is 8.76. The van der Waals surface area contributed by atoms with Crippen LogP contribution in [-0.2, 0) is 14.4 Å². The van der Waals surface area contributed by atoms with Gasteiger partial charge in [0.15, 0.2) is 0 Å². The average Bonchev–Trinajstić information content (AvgIpc) is 2.96.